The van der Waals surface area contributed by atoms with Gasteiger partial charge in [0.1, 0.15) is 5.75 Å². The predicted molar refractivity (Wildman–Crippen MR) is 79.6 cm³/mol. The van der Waals surface area contributed by atoms with E-state index < -0.39 is 0 Å². The lowest BCUT2D eigenvalue weighted by Crippen LogP contribution is -2.12. The Hall–Kier alpha value is -1.51. The van der Waals surface area contributed by atoms with Gasteiger partial charge in [-0.1, -0.05) is 35.9 Å². The lowest BCUT2D eigenvalue weighted by atomic mass is 10.2. The average molecular weight is 276 g/mol. The number of nitrogens with one attached hydrogen (secondary N) is 1. The van der Waals surface area contributed by atoms with E-state index in [4.69, 9.17) is 16.3 Å². The molecule has 19 heavy (non-hydrogen) atoms. The third-order valence-electron chi connectivity index (χ3n) is 2.78. The van der Waals surface area contributed by atoms with Crippen LogP contribution in [0.1, 0.15) is 18.1 Å². The van der Waals surface area contributed by atoms with Crippen molar-refractivity contribution in [1.82, 2.24) is 5.32 Å². The van der Waals surface area contributed by atoms with Gasteiger partial charge in [0.2, 0.25) is 0 Å². The maximum absolute atomic E-state index is 5.95. The molecule has 1 N–H and O–H groups in total. The molecular formula is C16H18ClNO. The normalized spacial score (nSPS) is 10.4. The van der Waals surface area contributed by atoms with E-state index in [1.807, 2.05) is 37.3 Å². The van der Waals surface area contributed by atoms with Crippen molar-refractivity contribution in [3.05, 3.63) is 64.7 Å². The van der Waals surface area contributed by atoms with Crippen molar-refractivity contribution in [1.29, 1.82) is 0 Å². The number of rotatable bonds is 6. The average Bonchev–Trinajstić information content (AvgIpc) is 2.41. The third kappa shape index (κ3) is 4.58. The summed E-state index contributed by atoms with van der Waals surface area (Å²) in [6.07, 6.45) is 0. The van der Waals surface area contributed by atoms with Crippen LogP contribution in [0.5, 0.6) is 5.75 Å². The Morgan fingerprint density at radius 1 is 1.00 bits per heavy atom. The molecule has 0 aliphatic heterocycles. The number of hydrogen-bond donors (Lipinski definition) is 1. The summed E-state index contributed by atoms with van der Waals surface area (Å²) < 4.78 is 5.41. The number of halogens is 1. The molecule has 0 saturated heterocycles. The van der Waals surface area contributed by atoms with Gasteiger partial charge >= 0.3 is 0 Å². The van der Waals surface area contributed by atoms with Gasteiger partial charge in [0.05, 0.1) is 6.61 Å². The smallest absolute Gasteiger partial charge is 0.119 e. The molecule has 2 rings (SSSR count). The second-order valence-electron chi connectivity index (χ2n) is 4.31. The topological polar surface area (TPSA) is 21.3 Å². The van der Waals surface area contributed by atoms with Crippen LogP contribution in [0.2, 0.25) is 5.02 Å². The summed E-state index contributed by atoms with van der Waals surface area (Å²) in [5.74, 6) is 0.918. The van der Waals surface area contributed by atoms with Gasteiger partial charge in [-0.25, -0.2) is 0 Å². The van der Waals surface area contributed by atoms with Crippen LogP contribution in [0, 0.1) is 0 Å². The van der Waals surface area contributed by atoms with Crippen molar-refractivity contribution in [2.24, 2.45) is 0 Å². The molecule has 2 aromatic rings. The summed E-state index contributed by atoms with van der Waals surface area (Å²) in [6, 6.07) is 16.1. The SMILES string of the molecule is CCOc1ccc(CNCc2cccc(Cl)c2)cc1. The highest BCUT2D eigenvalue weighted by molar-refractivity contribution is 6.30. The van der Waals surface area contributed by atoms with Gasteiger partial charge in [-0.15, -0.1) is 0 Å². The molecule has 0 aliphatic rings. The van der Waals surface area contributed by atoms with Crippen LogP contribution in [-0.2, 0) is 13.1 Å². The second-order valence-corrected chi connectivity index (χ2v) is 4.75. The lowest BCUT2D eigenvalue weighted by molar-refractivity contribution is 0.340. The van der Waals surface area contributed by atoms with E-state index in [-0.39, 0.29) is 0 Å². The molecule has 100 valence electrons. The summed E-state index contributed by atoms with van der Waals surface area (Å²) in [4.78, 5) is 0. The molecule has 0 heterocycles. The van der Waals surface area contributed by atoms with Gasteiger partial charge in [-0.2, -0.15) is 0 Å². The van der Waals surface area contributed by atoms with E-state index in [2.05, 4.69) is 23.5 Å². The molecule has 0 atom stereocenters. The Balaban J connectivity index is 1.82. The Labute approximate surface area is 119 Å². The fraction of sp³-hybridized carbons (Fsp3) is 0.250. The van der Waals surface area contributed by atoms with E-state index in [1.54, 1.807) is 0 Å². The van der Waals surface area contributed by atoms with Crippen molar-refractivity contribution in [3.63, 3.8) is 0 Å². The molecule has 0 spiro atoms. The molecular weight excluding hydrogens is 258 g/mol. The number of benzene rings is 2. The van der Waals surface area contributed by atoms with Crippen molar-refractivity contribution in [2.75, 3.05) is 6.61 Å². The van der Waals surface area contributed by atoms with Gasteiger partial charge in [0.15, 0.2) is 0 Å². The van der Waals surface area contributed by atoms with Gasteiger partial charge in [0, 0.05) is 18.1 Å². The van der Waals surface area contributed by atoms with Gasteiger partial charge in [-0.3, -0.25) is 0 Å². The predicted octanol–water partition coefficient (Wildman–Crippen LogP) is 4.03. The first-order valence-corrected chi connectivity index (χ1v) is 6.82. The van der Waals surface area contributed by atoms with E-state index in [0.717, 1.165) is 23.9 Å². The van der Waals surface area contributed by atoms with Crippen LogP contribution < -0.4 is 10.1 Å². The Bertz CT molecular complexity index is 510. The fourth-order valence-corrected chi connectivity index (χ4v) is 2.08. The van der Waals surface area contributed by atoms with Crippen molar-refractivity contribution < 1.29 is 4.74 Å². The molecule has 0 amide bonds. The summed E-state index contributed by atoms with van der Waals surface area (Å²) in [6.45, 7) is 4.33. The molecule has 2 aromatic carbocycles. The molecule has 2 nitrogen and oxygen atoms in total. The fourth-order valence-electron chi connectivity index (χ4n) is 1.87. The molecule has 0 aromatic heterocycles. The van der Waals surface area contributed by atoms with Crippen LogP contribution in [0.15, 0.2) is 48.5 Å². The zero-order chi connectivity index (χ0) is 13.5. The summed E-state index contributed by atoms with van der Waals surface area (Å²) in [5.41, 5.74) is 2.43. The Kier molecular flexibility index (Phi) is 5.25. The van der Waals surface area contributed by atoms with Crippen LogP contribution >= 0.6 is 11.6 Å². The lowest BCUT2D eigenvalue weighted by Gasteiger charge is -2.07. The van der Waals surface area contributed by atoms with Gasteiger partial charge in [-0.05, 0) is 42.3 Å². The van der Waals surface area contributed by atoms with E-state index >= 15 is 0 Å². The first-order chi connectivity index (χ1) is 9.28. The monoisotopic (exact) mass is 275 g/mol. The molecule has 0 aliphatic carbocycles. The quantitative estimate of drug-likeness (QED) is 0.859. The van der Waals surface area contributed by atoms with Crippen molar-refractivity contribution >= 4 is 11.6 Å². The van der Waals surface area contributed by atoms with E-state index in [0.29, 0.717) is 6.61 Å². The Morgan fingerprint density at radius 2 is 1.74 bits per heavy atom. The molecule has 0 radical (unpaired) electrons. The summed E-state index contributed by atoms with van der Waals surface area (Å²) in [5, 5.41) is 4.18. The van der Waals surface area contributed by atoms with Crippen LogP contribution in [-0.4, -0.2) is 6.61 Å². The van der Waals surface area contributed by atoms with Crippen LogP contribution in [0.3, 0.4) is 0 Å². The first kappa shape index (κ1) is 13.9. The maximum atomic E-state index is 5.95. The van der Waals surface area contributed by atoms with E-state index in [1.165, 1.54) is 11.1 Å². The van der Waals surface area contributed by atoms with Gasteiger partial charge < -0.3 is 10.1 Å². The molecule has 0 fully saturated rings. The molecule has 0 bridgehead atoms. The number of ether oxygens (including phenoxy) is 1. The second kappa shape index (κ2) is 7.17. The minimum atomic E-state index is 0.701. The maximum Gasteiger partial charge on any atom is 0.119 e. The van der Waals surface area contributed by atoms with Crippen molar-refractivity contribution in [3.8, 4) is 5.75 Å². The standard InChI is InChI=1S/C16H18ClNO/c1-2-19-16-8-6-13(7-9-16)11-18-12-14-4-3-5-15(17)10-14/h3-10,18H,2,11-12H2,1H3. The minimum absolute atomic E-state index is 0.701. The largest absolute Gasteiger partial charge is 0.494 e. The minimum Gasteiger partial charge on any atom is -0.494 e. The highest BCUT2D eigenvalue weighted by Gasteiger charge is 1.97. The highest BCUT2D eigenvalue weighted by Crippen LogP contribution is 2.13. The molecule has 3 heteroatoms. The summed E-state index contributed by atoms with van der Waals surface area (Å²) >= 11 is 5.95. The van der Waals surface area contributed by atoms with E-state index in [9.17, 15) is 0 Å². The van der Waals surface area contributed by atoms with Crippen molar-refractivity contribution in [2.45, 2.75) is 20.0 Å². The first-order valence-electron chi connectivity index (χ1n) is 6.45. The Morgan fingerprint density at radius 3 is 2.42 bits per heavy atom. The molecule has 0 saturated carbocycles. The summed E-state index contributed by atoms with van der Waals surface area (Å²) in [7, 11) is 0. The van der Waals surface area contributed by atoms with Crippen LogP contribution in [0.4, 0.5) is 0 Å². The zero-order valence-corrected chi connectivity index (χ0v) is 11.8. The highest BCUT2D eigenvalue weighted by atomic mass is 35.5. The molecule has 0 unspecified atom stereocenters. The third-order valence-corrected chi connectivity index (χ3v) is 3.02. The zero-order valence-electron chi connectivity index (χ0n) is 11.0. The van der Waals surface area contributed by atoms with Crippen LogP contribution in [0.25, 0.3) is 0 Å². The van der Waals surface area contributed by atoms with Gasteiger partial charge in [0.25, 0.3) is 0 Å². The number of hydrogen-bond acceptors (Lipinski definition) is 2.